The molecule has 4 nitrogen and oxygen atoms in total. The van der Waals surface area contributed by atoms with E-state index in [-0.39, 0.29) is 12.5 Å². The molecule has 0 saturated heterocycles. The number of esters is 1. The highest BCUT2D eigenvalue weighted by atomic mass is 16.5. The molecule has 0 aromatic heterocycles. The van der Waals surface area contributed by atoms with Crippen LogP contribution in [0.25, 0.3) is 0 Å². The Labute approximate surface area is 116 Å². The van der Waals surface area contributed by atoms with E-state index in [2.05, 4.69) is 13.8 Å². The van der Waals surface area contributed by atoms with E-state index in [1.165, 1.54) is 0 Å². The normalized spacial score (nSPS) is 15.9. The zero-order chi connectivity index (χ0) is 15.1. The van der Waals surface area contributed by atoms with Crippen LogP contribution in [0.5, 0.6) is 0 Å². The van der Waals surface area contributed by atoms with E-state index >= 15 is 0 Å². The van der Waals surface area contributed by atoms with Crippen LogP contribution in [0.2, 0.25) is 0 Å². The summed E-state index contributed by atoms with van der Waals surface area (Å²) in [4.78, 5) is 23.8. The van der Waals surface area contributed by atoms with E-state index in [4.69, 9.17) is 4.74 Å². The molecule has 0 radical (unpaired) electrons. The second-order valence-electron chi connectivity index (χ2n) is 5.80. The molecule has 4 heteroatoms. The molecule has 0 aromatic rings. The van der Waals surface area contributed by atoms with Crippen molar-refractivity contribution in [3.05, 3.63) is 0 Å². The van der Waals surface area contributed by atoms with Gasteiger partial charge in [0, 0.05) is 0 Å². The third-order valence-electron chi connectivity index (χ3n) is 3.32. The summed E-state index contributed by atoms with van der Waals surface area (Å²) in [6.07, 6.45) is 2.26. The van der Waals surface area contributed by atoms with Crippen molar-refractivity contribution in [2.45, 2.75) is 60.3 Å². The first-order valence-electron chi connectivity index (χ1n) is 7.20. The predicted octanol–water partition coefficient (Wildman–Crippen LogP) is 3.49. The third-order valence-corrected chi connectivity index (χ3v) is 3.32. The molecule has 2 unspecified atom stereocenters. The highest BCUT2D eigenvalue weighted by molar-refractivity contribution is 5.99. The maximum Gasteiger partial charge on any atom is 0.323 e. The van der Waals surface area contributed by atoms with Crippen molar-refractivity contribution in [2.24, 2.45) is 17.3 Å². The van der Waals surface area contributed by atoms with Gasteiger partial charge in [0.25, 0.3) is 0 Å². The molecule has 1 N–H and O–H groups in total. The zero-order valence-electron chi connectivity index (χ0n) is 12.9. The Hall–Kier alpha value is -1.06. The lowest BCUT2D eigenvalue weighted by Crippen LogP contribution is -2.42. The molecule has 0 aliphatic heterocycles. The zero-order valence-corrected chi connectivity index (χ0v) is 12.9. The molecule has 0 aromatic carbocycles. The van der Waals surface area contributed by atoms with E-state index in [9.17, 15) is 14.7 Å². The highest BCUT2D eigenvalue weighted by Crippen LogP contribution is 2.36. The van der Waals surface area contributed by atoms with Crippen LogP contribution in [-0.2, 0) is 14.3 Å². The summed E-state index contributed by atoms with van der Waals surface area (Å²) in [5.41, 5.74) is -1.38. The van der Waals surface area contributed by atoms with Crippen LogP contribution in [0.4, 0.5) is 0 Å². The number of hydrogen-bond acceptors (Lipinski definition) is 3. The maximum atomic E-state index is 12.1. The summed E-state index contributed by atoms with van der Waals surface area (Å²) >= 11 is 0. The van der Waals surface area contributed by atoms with Gasteiger partial charge in [0.05, 0.1) is 6.61 Å². The van der Waals surface area contributed by atoms with Gasteiger partial charge in [-0.2, -0.15) is 0 Å². The Morgan fingerprint density at radius 2 is 1.79 bits per heavy atom. The Kier molecular flexibility index (Phi) is 7.72. The lowest BCUT2D eigenvalue weighted by atomic mass is 9.74. The standard InChI is InChI=1S/C15H28O4/c1-6-8-15(13(16)17,14(18)19-7-2)10-12(5)9-11(3)4/h11-12H,6-10H2,1-5H3,(H,16,17). The molecule has 0 rings (SSSR count). The van der Waals surface area contributed by atoms with Crippen LogP contribution < -0.4 is 0 Å². The highest BCUT2D eigenvalue weighted by Gasteiger charge is 2.47. The molecule has 0 spiro atoms. The lowest BCUT2D eigenvalue weighted by Gasteiger charge is -2.30. The largest absolute Gasteiger partial charge is 0.480 e. The SMILES string of the molecule is CCCC(CC(C)CC(C)C)(C(=O)O)C(=O)OCC. The van der Waals surface area contributed by atoms with Crippen molar-refractivity contribution in [3.8, 4) is 0 Å². The van der Waals surface area contributed by atoms with Crippen molar-refractivity contribution >= 4 is 11.9 Å². The lowest BCUT2D eigenvalue weighted by molar-refractivity contribution is -0.171. The summed E-state index contributed by atoms with van der Waals surface area (Å²) in [5.74, 6) is -0.958. The van der Waals surface area contributed by atoms with Crippen molar-refractivity contribution < 1.29 is 19.4 Å². The molecule has 19 heavy (non-hydrogen) atoms. The average Bonchev–Trinajstić information content (AvgIpc) is 2.26. The summed E-state index contributed by atoms with van der Waals surface area (Å²) in [6.45, 7) is 10.0. The molecular weight excluding hydrogens is 244 g/mol. The molecule has 0 amide bonds. The predicted molar refractivity (Wildman–Crippen MR) is 74.8 cm³/mol. The third kappa shape index (κ3) is 5.21. The quantitative estimate of drug-likeness (QED) is 0.515. The van der Waals surface area contributed by atoms with E-state index in [1.807, 2.05) is 13.8 Å². The van der Waals surface area contributed by atoms with Crippen molar-refractivity contribution in [1.82, 2.24) is 0 Å². The average molecular weight is 272 g/mol. The fraction of sp³-hybridized carbons (Fsp3) is 0.867. The fourth-order valence-corrected chi connectivity index (χ4v) is 2.75. The van der Waals surface area contributed by atoms with Crippen LogP contribution in [0.1, 0.15) is 60.3 Å². The number of ether oxygens (including phenoxy) is 1. The van der Waals surface area contributed by atoms with Gasteiger partial charge in [-0.05, 0) is 38.0 Å². The number of aliphatic carboxylic acids is 1. The molecule has 0 bridgehead atoms. The second-order valence-corrected chi connectivity index (χ2v) is 5.80. The number of carbonyl (C=O) groups excluding carboxylic acids is 1. The van der Waals surface area contributed by atoms with Crippen LogP contribution in [-0.4, -0.2) is 23.7 Å². The first-order chi connectivity index (χ1) is 8.80. The number of hydrogen-bond donors (Lipinski definition) is 1. The van der Waals surface area contributed by atoms with Gasteiger partial charge in [-0.1, -0.05) is 34.1 Å². The Morgan fingerprint density at radius 3 is 2.16 bits per heavy atom. The van der Waals surface area contributed by atoms with Gasteiger partial charge >= 0.3 is 11.9 Å². The summed E-state index contributed by atoms with van der Waals surface area (Å²) < 4.78 is 5.01. The van der Waals surface area contributed by atoms with Crippen molar-refractivity contribution in [2.75, 3.05) is 6.61 Å². The van der Waals surface area contributed by atoms with Crippen LogP contribution >= 0.6 is 0 Å². The van der Waals surface area contributed by atoms with Crippen molar-refractivity contribution in [1.29, 1.82) is 0 Å². The van der Waals surface area contributed by atoms with E-state index < -0.39 is 17.4 Å². The topological polar surface area (TPSA) is 63.6 Å². The first-order valence-corrected chi connectivity index (χ1v) is 7.20. The molecule has 0 saturated carbocycles. The van der Waals surface area contributed by atoms with Gasteiger partial charge in [0.15, 0.2) is 5.41 Å². The molecule has 0 fully saturated rings. The summed E-state index contributed by atoms with van der Waals surface area (Å²) in [5, 5.41) is 9.53. The molecule has 112 valence electrons. The number of carboxylic acids is 1. The second kappa shape index (κ2) is 8.18. The number of rotatable bonds is 9. The first kappa shape index (κ1) is 17.9. The molecular formula is C15H28O4. The van der Waals surface area contributed by atoms with Gasteiger partial charge in [0.2, 0.25) is 0 Å². The molecule has 0 aliphatic rings. The minimum Gasteiger partial charge on any atom is -0.480 e. The van der Waals surface area contributed by atoms with Gasteiger partial charge < -0.3 is 9.84 Å². The van der Waals surface area contributed by atoms with Crippen LogP contribution in [0.3, 0.4) is 0 Å². The van der Waals surface area contributed by atoms with Gasteiger partial charge in [-0.25, -0.2) is 0 Å². The maximum absolute atomic E-state index is 12.1. The van der Waals surface area contributed by atoms with Crippen LogP contribution in [0.15, 0.2) is 0 Å². The smallest absolute Gasteiger partial charge is 0.323 e. The number of carbonyl (C=O) groups is 2. The Bertz CT molecular complexity index is 299. The van der Waals surface area contributed by atoms with Crippen LogP contribution in [0, 0.1) is 17.3 Å². The summed E-state index contributed by atoms with van der Waals surface area (Å²) in [7, 11) is 0. The van der Waals surface area contributed by atoms with Crippen molar-refractivity contribution in [3.63, 3.8) is 0 Å². The van der Waals surface area contributed by atoms with Gasteiger partial charge in [-0.15, -0.1) is 0 Å². The van der Waals surface area contributed by atoms with E-state index in [0.717, 1.165) is 6.42 Å². The molecule has 2 atom stereocenters. The minimum absolute atomic E-state index is 0.187. The molecule has 0 heterocycles. The van der Waals surface area contributed by atoms with E-state index in [0.29, 0.717) is 25.2 Å². The Morgan fingerprint density at radius 1 is 1.21 bits per heavy atom. The fourth-order valence-electron chi connectivity index (χ4n) is 2.75. The Balaban J connectivity index is 5.11. The van der Waals surface area contributed by atoms with Gasteiger partial charge in [-0.3, -0.25) is 9.59 Å². The monoisotopic (exact) mass is 272 g/mol. The summed E-state index contributed by atoms with van der Waals surface area (Å²) in [6, 6.07) is 0. The minimum atomic E-state index is -1.38. The van der Waals surface area contributed by atoms with Gasteiger partial charge in [0.1, 0.15) is 0 Å². The van der Waals surface area contributed by atoms with E-state index in [1.54, 1.807) is 6.92 Å². The molecule has 0 aliphatic carbocycles. The number of carboxylic acid groups (broad SMARTS) is 1.